The van der Waals surface area contributed by atoms with Gasteiger partial charge in [0.15, 0.2) is 0 Å². The highest BCUT2D eigenvalue weighted by molar-refractivity contribution is 6.34. The SMILES string of the molecule is CN1CCN(C(=O)C2CCN(C(=O)c3ccc([N+](=O)[O-])cc3Cl)CC2)CC1. The number of likely N-dealkylation sites (N-methyl/N-ethyl adjacent to an activating group) is 1. The van der Waals surface area contributed by atoms with Gasteiger partial charge in [0.1, 0.15) is 0 Å². The van der Waals surface area contributed by atoms with Crippen LogP contribution in [-0.4, -0.2) is 77.8 Å². The fourth-order valence-corrected chi connectivity index (χ4v) is 3.83. The number of nitro benzene ring substituents is 1. The van der Waals surface area contributed by atoms with Crippen LogP contribution in [0.25, 0.3) is 0 Å². The molecule has 2 heterocycles. The molecule has 2 fully saturated rings. The standard InChI is InChI=1S/C18H23ClN4O4/c1-20-8-10-22(11-9-20)17(24)13-4-6-21(7-5-13)18(25)15-3-2-14(23(26)27)12-16(15)19/h2-3,12-13H,4-11H2,1H3. The number of hydrogen-bond acceptors (Lipinski definition) is 5. The van der Waals surface area contributed by atoms with E-state index in [0.717, 1.165) is 26.2 Å². The van der Waals surface area contributed by atoms with E-state index in [2.05, 4.69) is 11.9 Å². The summed E-state index contributed by atoms with van der Waals surface area (Å²) in [5.74, 6) is -0.117. The fraction of sp³-hybridized carbons (Fsp3) is 0.556. The summed E-state index contributed by atoms with van der Waals surface area (Å²) in [6.45, 7) is 4.26. The van der Waals surface area contributed by atoms with Gasteiger partial charge in [-0.05, 0) is 26.0 Å². The zero-order valence-corrected chi connectivity index (χ0v) is 16.0. The maximum Gasteiger partial charge on any atom is 0.270 e. The average molecular weight is 395 g/mol. The van der Waals surface area contributed by atoms with Gasteiger partial charge in [0.25, 0.3) is 11.6 Å². The van der Waals surface area contributed by atoms with E-state index in [0.29, 0.717) is 25.9 Å². The van der Waals surface area contributed by atoms with Crippen molar-refractivity contribution in [1.82, 2.24) is 14.7 Å². The molecule has 0 aromatic heterocycles. The van der Waals surface area contributed by atoms with Gasteiger partial charge in [-0.25, -0.2) is 0 Å². The second kappa shape index (κ2) is 8.22. The van der Waals surface area contributed by atoms with E-state index >= 15 is 0 Å². The quantitative estimate of drug-likeness (QED) is 0.577. The molecule has 0 radical (unpaired) electrons. The van der Waals surface area contributed by atoms with Crippen molar-refractivity contribution in [3.63, 3.8) is 0 Å². The zero-order chi connectivity index (χ0) is 19.6. The van der Waals surface area contributed by atoms with Crippen molar-refractivity contribution in [3.8, 4) is 0 Å². The lowest BCUT2D eigenvalue weighted by molar-refractivity contribution is -0.384. The molecular weight excluding hydrogens is 372 g/mol. The van der Waals surface area contributed by atoms with Gasteiger partial charge in [-0.2, -0.15) is 0 Å². The Morgan fingerprint density at radius 2 is 1.70 bits per heavy atom. The van der Waals surface area contributed by atoms with E-state index in [-0.39, 0.29) is 34.0 Å². The van der Waals surface area contributed by atoms with Crippen molar-refractivity contribution in [3.05, 3.63) is 38.9 Å². The highest BCUT2D eigenvalue weighted by Gasteiger charge is 2.32. The normalized spacial score (nSPS) is 19.2. The minimum Gasteiger partial charge on any atom is -0.340 e. The van der Waals surface area contributed by atoms with Gasteiger partial charge in [0.2, 0.25) is 5.91 Å². The van der Waals surface area contributed by atoms with Crippen LogP contribution in [0, 0.1) is 16.0 Å². The molecule has 0 aliphatic carbocycles. The Labute approximate surface area is 162 Å². The summed E-state index contributed by atoms with van der Waals surface area (Å²) in [4.78, 5) is 41.4. The summed E-state index contributed by atoms with van der Waals surface area (Å²) in [5, 5.41) is 10.9. The van der Waals surface area contributed by atoms with Gasteiger partial charge in [-0.1, -0.05) is 11.6 Å². The van der Waals surface area contributed by atoms with Crippen LogP contribution in [0.4, 0.5) is 5.69 Å². The highest BCUT2D eigenvalue weighted by Crippen LogP contribution is 2.26. The number of benzene rings is 1. The van der Waals surface area contributed by atoms with Gasteiger partial charge in [-0.15, -0.1) is 0 Å². The summed E-state index contributed by atoms with van der Waals surface area (Å²) < 4.78 is 0. The molecule has 1 aromatic carbocycles. The molecule has 0 bridgehead atoms. The molecule has 9 heteroatoms. The maximum atomic E-state index is 12.7. The topological polar surface area (TPSA) is 87.0 Å². The number of carbonyl (C=O) groups is 2. The number of nitrogens with zero attached hydrogens (tertiary/aromatic N) is 4. The van der Waals surface area contributed by atoms with Crippen LogP contribution in [0.1, 0.15) is 23.2 Å². The molecule has 0 atom stereocenters. The van der Waals surface area contributed by atoms with Crippen molar-refractivity contribution in [2.75, 3.05) is 46.3 Å². The number of carbonyl (C=O) groups excluding carboxylic acids is 2. The van der Waals surface area contributed by atoms with Crippen molar-refractivity contribution >= 4 is 29.1 Å². The van der Waals surface area contributed by atoms with E-state index in [1.165, 1.54) is 18.2 Å². The Morgan fingerprint density at radius 3 is 2.26 bits per heavy atom. The van der Waals surface area contributed by atoms with E-state index in [4.69, 9.17) is 11.6 Å². The number of piperidine rings is 1. The number of likely N-dealkylation sites (tertiary alicyclic amines) is 1. The number of rotatable bonds is 3. The van der Waals surface area contributed by atoms with Gasteiger partial charge >= 0.3 is 0 Å². The number of piperazine rings is 1. The second-order valence-electron chi connectivity index (χ2n) is 7.12. The van der Waals surface area contributed by atoms with Crippen LogP contribution in [0.15, 0.2) is 18.2 Å². The van der Waals surface area contributed by atoms with E-state index in [9.17, 15) is 19.7 Å². The fourth-order valence-electron chi connectivity index (χ4n) is 3.58. The number of nitro groups is 1. The molecule has 3 rings (SSSR count). The van der Waals surface area contributed by atoms with Crippen LogP contribution in [0.3, 0.4) is 0 Å². The Balaban J connectivity index is 1.58. The summed E-state index contributed by atoms with van der Waals surface area (Å²) in [6, 6.07) is 3.87. The van der Waals surface area contributed by atoms with Crippen molar-refractivity contribution in [2.45, 2.75) is 12.8 Å². The lowest BCUT2D eigenvalue weighted by Crippen LogP contribution is -2.51. The van der Waals surface area contributed by atoms with Crippen LogP contribution < -0.4 is 0 Å². The largest absolute Gasteiger partial charge is 0.340 e. The molecule has 146 valence electrons. The Hall–Kier alpha value is -2.19. The molecule has 0 saturated carbocycles. The summed E-state index contributed by atoms with van der Waals surface area (Å²) in [7, 11) is 2.05. The molecule has 0 spiro atoms. The first kappa shape index (κ1) is 19.6. The van der Waals surface area contributed by atoms with Crippen molar-refractivity contribution in [1.29, 1.82) is 0 Å². The van der Waals surface area contributed by atoms with Crippen LogP contribution in [0.5, 0.6) is 0 Å². The third-order valence-corrected chi connectivity index (χ3v) is 5.65. The molecule has 2 saturated heterocycles. The molecule has 2 amide bonds. The minimum atomic E-state index is -0.546. The van der Waals surface area contributed by atoms with E-state index in [1.54, 1.807) is 4.90 Å². The third kappa shape index (κ3) is 4.39. The maximum absolute atomic E-state index is 12.7. The van der Waals surface area contributed by atoms with Crippen LogP contribution in [-0.2, 0) is 4.79 Å². The molecule has 2 aliphatic rings. The Bertz CT molecular complexity index is 741. The third-order valence-electron chi connectivity index (χ3n) is 5.34. The lowest BCUT2D eigenvalue weighted by atomic mass is 9.94. The predicted molar refractivity (Wildman–Crippen MR) is 101 cm³/mol. The van der Waals surface area contributed by atoms with Gasteiger partial charge in [-0.3, -0.25) is 19.7 Å². The first-order chi connectivity index (χ1) is 12.9. The lowest BCUT2D eigenvalue weighted by Gasteiger charge is -2.37. The number of hydrogen-bond donors (Lipinski definition) is 0. The molecule has 8 nitrogen and oxygen atoms in total. The molecular formula is C18H23ClN4O4. The minimum absolute atomic E-state index is 0.0511. The van der Waals surface area contributed by atoms with E-state index in [1.807, 2.05) is 4.90 Å². The molecule has 0 unspecified atom stereocenters. The van der Waals surface area contributed by atoms with Gasteiger partial charge in [0, 0.05) is 57.3 Å². The van der Waals surface area contributed by atoms with Crippen molar-refractivity contribution in [2.24, 2.45) is 5.92 Å². The summed E-state index contributed by atoms with van der Waals surface area (Å²) in [5.41, 5.74) is 0.110. The Kier molecular flexibility index (Phi) is 5.96. The van der Waals surface area contributed by atoms with Gasteiger partial charge < -0.3 is 14.7 Å². The van der Waals surface area contributed by atoms with Crippen molar-refractivity contribution < 1.29 is 14.5 Å². The second-order valence-corrected chi connectivity index (χ2v) is 7.52. The summed E-state index contributed by atoms with van der Waals surface area (Å²) in [6.07, 6.45) is 1.25. The smallest absolute Gasteiger partial charge is 0.270 e. The molecule has 2 aliphatic heterocycles. The van der Waals surface area contributed by atoms with Gasteiger partial charge in [0.05, 0.1) is 15.5 Å². The highest BCUT2D eigenvalue weighted by atomic mass is 35.5. The number of amides is 2. The summed E-state index contributed by atoms with van der Waals surface area (Å²) >= 11 is 6.06. The first-order valence-corrected chi connectivity index (χ1v) is 9.45. The first-order valence-electron chi connectivity index (χ1n) is 9.07. The van der Waals surface area contributed by atoms with Crippen LogP contribution >= 0.6 is 11.6 Å². The average Bonchev–Trinajstić information content (AvgIpc) is 2.67. The zero-order valence-electron chi connectivity index (χ0n) is 15.3. The predicted octanol–water partition coefficient (Wildman–Crippen LogP) is 1.87. The monoisotopic (exact) mass is 394 g/mol. The van der Waals surface area contributed by atoms with Crippen LogP contribution in [0.2, 0.25) is 5.02 Å². The number of halogens is 1. The molecule has 0 N–H and O–H groups in total. The Morgan fingerprint density at radius 1 is 1.07 bits per heavy atom. The molecule has 1 aromatic rings. The number of non-ortho nitro benzene ring substituents is 1. The van der Waals surface area contributed by atoms with E-state index < -0.39 is 4.92 Å². The molecule has 27 heavy (non-hydrogen) atoms.